The standard InChI is InChI=1S/C17H20ClN/c1-12(2)19-11-16-10-15(8-9-17(16)18)14-6-4-13(3)5-7-14/h4-10,12,19H,11H2,1-3H3. The van der Waals surface area contributed by atoms with Crippen LogP contribution >= 0.6 is 11.6 Å². The minimum atomic E-state index is 0.457. The molecule has 0 heterocycles. The molecule has 0 radical (unpaired) electrons. The summed E-state index contributed by atoms with van der Waals surface area (Å²) in [6, 6.07) is 15.3. The first-order chi connectivity index (χ1) is 9.06. The molecule has 0 spiro atoms. The fourth-order valence-electron chi connectivity index (χ4n) is 1.95. The summed E-state index contributed by atoms with van der Waals surface area (Å²) in [5.41, 5.74) is 4.87. The summed E-state index contributed by atoms with van der Waals surface area (Å²) in [4.78, 5) is 0. The fraction of sp³-hybridized carbons (Fsp3) is 0.294. The Bertz CT molecular complexity index is 544. The second kappa shape index (κ2) is 6.23. The van der Waals surface area contributed by atoms with Crippen LogP contribution in [0.3, 0.4) is 0 Å². The van der Waals surface area contributed by atoms with E-state index in [1.165, 1.54) is 16.7 Å². The van der Waals surface area contributed by atoms with E-state index in [0.29, 0.717) is 6.04 Å². The molecule has 0 aliphatic rings. The van der Waals surface area contributed by atoms with E-state index in [2.05, 4.69) is 62.5 Å². The fourth-order valence-corrected chi connectivity index (χ4v) is 2.13. The molecule has 2 aromatic rings. The maximum atomic E-state index is 6.25. The van der Waals surface area contributed by atoms with Gasteiger partial charge in [0.2, 0.25) is 0 Å². The number of rotatable bonds is 4. The first-order valence-electron chi connectivity index (χ1n) is 6.65. The number of aryl methyl sites for hydroxylation is 1. The Balaban J connectivity index is 2.27. The van der Waals surface area contributed by atoms with Crippen molar-refractivity contribution >= 4 is 11.6 Å². The minimum Gasteiger partial charge on any atom is -0.310 e. The third-order valence-corrected chi connectivity index (χ3v) is 3.50. The van der Waals surface area contributed by atoms with Crippen molar-refractivity contribution in [2.24, 2.45) is 0 Å². The Morgan fingerprint density at radius 1 is 1.00 bits per heavy atom. The van der Waals surface area contributed by atoms with E-state index < -0.39 is 0 Å². The first kappa shape index (κ1) is 14.1. The summed E-state index contributed by atoms with van der Waals surface area (Å²) in [7, 11) is 0. The topological polar surface area (TPSA) is 12.0 Å². The first-order valence-corrected chi connectivity index (χ1v) is 7.03. The molecule has 0 amide bonds. The lowest BCUT2D eigenvalue weighted by Crippen LogP contribution is -2.21. The average molecular weight is 274 g/mol. The Labute approximate surface area is 120 Å². The van der Waals surface area contributed by atoms with E-state index in [1.807, 2.05) is 6.07 Å². The lowest BCUT2D eigenvalue weighted by molar-refractivity contribution is 0.589. The number of hydrogen-bond acceptors (Lipinski definition) is 1. The monoisotopic (exact) mass is 273 g/mol. The van der Waals surface area contributed by atoms with Crippen molar-refractivity contribution < 1.29 is 0 Å². The summed E-state index contributed by atoms with van der Waals surface area (Å²) in [5.74, 6) is 0. The molecular weight excluding hydrogens is 254 g/mol. The Hall–Kier alpha value is -1.31. The van der Waals surface area contributed by atoms with Crippen LogP contribution in [0.2, 0.25) is 5.02 Å². The van der Waals surface area contributed by atoms with Gasteiger partial charge in [-0.15, -0.1) is 0 Å². The molecule has 2 aromatic carbocycles. The number of halogens is 1. The van der Waals surface area contributed by atoms with Gasteiger partial charge in [0.1, 0.15) is 0 Å². The second-order valence-corrected chi connectivity index (χ2v) is 5.62. The van der Waals surface area contributed by atoms with Crippen molar-refractivity contribution in [3.05, 3.63) is 58.6 Å². The number of hydrogen-bond donors (Lipinski definition) is 1. The molecule has 0 unspecified atom stereocenters. The Morgan fingerprint density at radius 3 is 2.26 bits per heavy atom. The van der Waals surface area contributed by atoms with E-state index in [0.717, 1.165) is 17.1 Å². The van der Waals surface area contributed by atoms with Gasteiger partial charge in [-0.3, -0.25) is 0 Å². The van der Waals surface area contributed by atoms with Crippen molar-refractivity contribution in [2.45, 2.75) is 33.4 Å². The third-order valence-electron chi connectivity index (χ3n) is 3.13. The van der Waals surface area contributed by atoms with Gasteiger partial charge in [0, 0.05) is 17.6 Å². The van der Waals surface area contributed by atoms with Crippen molar-refractivity contribution in [1.29, 1.82) is 0 Å². The zero-order valence-electron chi connectivity index (χ0n) is 11.7. The van der Waals surface area contributed by atoms with Crippen molar-refractivity contribution in [1.82, 2.24) is 5.32 Å². The highest BCUT2D eigenvalue weighted by Crippen LogP contribution is 2.25. The molecule has 0 saturated heterocycles. The van der Waals surface area contributed by atoms with Crippen molar-refractivity contribution in [2.75, 3.05) is 0 Å². The van der Waals surface area contributed by atoms with Gasteiger partial charge in [-0.05, 0) is 35.7 Å². The van der Waals surface area contributed by atoms with Crippen LogP contribution in [0.15, 0.2) is 42.5 Å². The molecule has 0 saturated carbocycles. The van der Waals surface area contributed by atoms with Crippen LogP contribution in [0.5, 0.6) is 0 Å². The van der Waals surface area contributed by atoms with Crippen LogP contribution in [0.4, 0.5) is 0 Å². The van der Waals surface area contributed by atoms with Gasteiger partial charge in [0.15, 0.2) is 0 Å². The van der Waals surface area contributed by atoms with Crippen LogP contribution < -0.4 is 5.32 Å². The zero-order valence-corrected chi connectivity index (χ0v) is 12.5. The summed E-state index contributed by atoms with van der Waals surface area (Å²) in [6.45, 7) is 7.18. The molecule has 0 aliphatic carbocycles. The van der Waals surface area contributed by atoms with Gasteiger partial charge in [-0.1, -0.05) is 61.3 Å². The SMILES string of the molecule is Cc1ccc(-c2ccc(Cl)c(CNC(C)C)c2)cc1. The number of benzene rings is 2. The highest BCUT2D eigenvalue weighted by Gasteiger charge is 2.04. The number of nitrogens with one attached hydrogen (secondary N) is 1. The summed E-state index contributed by atoms with van der Waals surface area (Å²) < 4.78 is 0. The predicted octanol–water partition coefficient (Wildman–Crippen LogP) is 4.81. The maximum absolute atomic E-state index is 6.25. The van der Waals surface area contributed by atoms with Crippen LogP contribution in [0.1, 0.15) is 25.0 Å². The molecule has 0 aromatic heterocycles. The predicted molar refractivity (Wildman–Crippen MR) is 83.6 cm³/mol. The molecule has 100 valence electrons. The van der Waals surface area contributed by atoms with Gasteiger partial charge in [0.05, 0.1) is 0 Å². The van der Waals surface area contributed by atoms with Crippen molar-refractivity contribution in [3.8, 4) is 11.1 Å². The molecule has 0 aliphatic heterocycles. The molecule has 1 nitrogen and oxygen atoms in total. The molecule has 19 heavy (non-hydrogen) atoms. The summed E-state index contributed by atoms with van der Waals surface area (Å²) in [5, 5.41) is 4.23. The van der Waals surface area contributed by atoms with E-state index >= 15 is 0 Å². The largest absolute Gasteiger partial charge is 0.310 e. The summed E-state index contributed by atoms with van der Waals surface area (Å²) in [6.07, 6.45) is 0. The van der Waals surface area contributed by atoms with E-state index in [9.17, 15) is 0 Å². The van der Waals surface area contributed by atoms with Crippen LogP contribution in [0, 0.1) is 6.92 Å². The molecule has 2 heteroatoms. The van der Waals surface area contributed by atoms with Gasteiger partial charge in [-0.25, -0.2) is 0 Å². The second-order valence-electron chi connectivity index (χ2n) is 5.21. The Kier molecular flexibility index (Phi) is 4.62. The molecular formula is C17H20ClN. The van der Waals surface area contributed by atoms with E-state index in [4.69, 9.17) is 11.6 Å². The average Bonchev–Trinajstić information content (AvgIpc) is 2.39. The normalized spacial score (nSPS) is 11.0. The minimum absolute atomic E-state index is 0.457. The highest BCUT2D eigenvalue weighted by atomic mass is 35.5. The molecule has 1 N–H and O–H groups in total. The highest BCUT2D eigenvalue weighted by molar-refractivity contribution is 6.31. The lowest BCUT2D eigenvalue weighted by atomic mass is 10.0. The van der Waals surface area contributed by atoms with Crippen LogP contribution in [-0.2, 0) is 6.54 Å². The molecule has 0 atom stereocenters. The van der Waals surface area contributed by atoms with Crippen LogP contribution in [0.25, 0.3) is 11.1 Å². The Morgan fingerprint density at radius 2 is 1.63 bits per heavy atom. The maximum Gasteiger partial charge on any atom is 0.0451 e. The van der Waals surface area contributed by atoms with Crippen LogP contribution in [-0.4, -0.2) is 6.04 Å². The van der Waals surface area contributed by atoms with Gasteiger partial charge in [-0.2, -0.15) is 0 Å². The van der Waals surface area contributed by atoms with E-state index in [1.54, 1.807) is 0 Å². The lowest BCUT2D eigenvalue weighted by Gasteiger charge is -2.11. The zero-order chi connectivity index (χ0) is 13.8. The van der Waals surface area contributed by atoms with Gasteiger partial charge >= 0.3 is 0 Å². The quantitative estimate of drug-likeness (QED) is 0.843. The van der Waals surface area contributed by atoms with Gasteiger partial charge < -0.3 is 5.32 Å². The molecule has 2 rings (SSSR count). The van der Waals surface area contributed by atoms with Gasteiger partial charge in [0.25, 0.3) is 0 Å². The van der Waals surface area contributed by atoms with Crippen molar-refractivity contribution in [3.63, 3.8) is 0 Å². The van der Waals surface area contributed by atoms with E-state index in [-0.39, 0.29) is 0 Å². The summed E-state index contributed by atoms with van der Waals surface area (Å²) >= 11 is 6.25. The smallest absolute Gasteiger partial charge is 0.0451 e. The molecule has 0 bridgehead atoms. The third kappa shape index (κ3) is 3.82. The molecule has 0 fully saturated rings.